The first-order valence-electron chi connectivity index (χ1n) is 17.1. The number of nitrogens with zero attached hydrogens (tertiary/aromatic N) is 4. The molecule has 3 heterocycles. The maximum Gasteiger partial charge on any atom is 0.263 e. The predicted octanol–water partition coefficient (Wildman–Crippen LogP) is 5.20. The molecule has 2 aromatic carbocycles. The summed E-state index contributed by atoms with van der Waals surface area (Å²) in [4.78, 5) is 36.0. The van der Waals surface area contributed by atoms with Crippen LogP contribution in [-0.2, 0) is 37.5 Å². The number of anilines is 1. The van der Waals surface area contributed by atoms with Gasteiger partial charge in [-0.1, -0.05) is 54.9 Å². The van der Waals surface area contributed by atoms with Gasteiger partial charge in [-0.2, -0.15) is 0 Å². The lowest BCUT2D eigenvalue weighted by molar-refractivity contribution is -0.138. The molecule has 49 heavy (non-hydrogen) atoms. The molecule has 2 aliphatic rings. The number of carbonyl (C=O) groups excluding carboxylic acids is 2. The van der Waals surface area contributed by atoms with E-state index in [0.29, 0.717) is 74.5 Å². The highest BCUT2D eigenvalue weighted by atomic mass is 32.2. The van der Waals surface area contributed by atoms with Gasteiger partial charge in [-0.05, 0) is 69.8 Å². The van der Waals surface area contributed by atoms with Gasteiger partial charge in [0.05, 0.1) is 24.6 Å². The number of likely N-dealkylation sites (tertiary alicyclic amines) is 1. The molecule has 0 saturated carbocycles. The van der Waals surface area contributed by atoms with Gasteiger partial charge in [-0.15, -0.1) is 0 Å². The van der Waals surface area contributed by atoms with E-state index in [-0.39, 0.29) is 29.1 Å². The minimum atomic E-state index is -4.04. The number of hydrogen-bond donors (Lipinski definition) is 2. The van der Waals surface area contributed by atoms with Crippen molar-refractivity contribution in [3.05, 3.63) is 64.9 Å². The van der Waals surface area contributed by atoms with E-state index < -0.39 is 15.6 Å². The van der Waals surface area contributed by atoms with Crippen molar-refractivity contribution < 1.29 is 27.3 Å². The van der Waals surface area contributed by atoms with Crippen molar-refractivity contribution in [1.82, 2.24) is 20.3 Å². The smallest absolute Gasteiger partial charge is 0.263 e. The van der Waals surface area contributed by atoms with E-state index in [1.807, 2.05) is 32.2 Å². The van der Waals surface area contributed by atoms with E-state index in [1.165, 1.54) is 0 Å². The number of aliphatic imine (C=N–C) groups is 1. The normalized spacial score (nSPS) is 18.0. The monoisotopic (exact) mass is 692 g/mol. The molecule has 1 spiro atoms. The third-order valence-electron chi connectivity index (χ3n) is 9.29. The van der Waals surface area contributed by atoms with Crippen molar-refractivity contribution in [2.45, 2.75) is 89.8 Å². The number of aromatic nitrogens is 1. The highest BCUT2D eigenvalue weighted by Gasteiger charge is 2.50. The van der Waals surface area contributed by atoms with E-state index >= 15 is 0 Å². The van der Waals surface area contributed by atoms with Crippen LogP contribution in [0.4, 0.5) is 5.82 Å². The third-order valence-corrected chi connectivity index (χ3v) is 10.7. The molecule has 1 saturated heterocycles. The van der Waals surface area contributed by atoms with Gasteiger partial charge in [-0.25, -0.2) is 8.42 Å². The average Bonchev–Trinajstić information content (AvgIpc) is 3.54. The zero-order valence-corrected chi connectivity index (χ0v) is 30.0. The van der Waals surface area contributed by atoms with Crippen molar-refractivity contribution in [2.75, 3.05) is 38.0 Å². The summed E-state index contributed by atoms with van der Waals surface area (Å²) in [7, 11) is -2.22. The number of hydrogen-bond acceptors (Lipinski definition) is 9. The Kier molecular flexibility index (Phi) is 11.6. The maximum atomic E-state index is 14.3. The van der Waals surface area contributed by atoms with Gasteiger partial charge >= 0.3 is 0 Å². The molecule has 2 N–H and O–H groups in total. The third kappa shape index (κ3) is 7.89. The lowest BCUT2D eigenvalue weighted by Gasteiger charge is -2.37. The minimum Gasteiger partial charge on any atom is -0.377 e. The van der Waals surface area contributed by atoms with Crippen molar-refractivity contribution in [1.29, 1.82) is 0 Å². The van der Waals surface area contributed by atoms with Gasteiger partial charge in [-0.3, -0.25) is 24.2 Å². The Labute approximate surface area is 289 Å². The fraction of sp³-hybridized carbons (Fsp3) is 0.500. The Bertz CT molecular complexity index is 1800. The zero-order valence-electron chi connectivity index (χ0n) is 29.2. The summed E-state index contributed by atoms with van der Waals surface area (Å²) in [5.74, 6) is 1.40. The van der Waals surface area contributed by atoms with Gasteiger partial charge in [0.25, 0.3) is 15.9 Å². The van der Waals surface area contributed by atoms with Crippen LogP contribution in [0.3, 0.4) is 0 Å². The molecular formula is C36H48N6O6S. The van der Waals surface area contributed by atoms with Crippen molar-refractivity contribution in [2.24, 2.45) is 4.99 Å². The fourth-order valence-corrected chi connectivity index (χ4v) is 7.74. The van der Waals surface area contributed by atoms with E-state index in [9.17, 15) is 18.0 Å². The molecule has 5 rings (SSSR count). The zero-order chi connectivity index (χ0) is 35.2. The number of sulfonamides is 1. The number of benzene rings is 2. The summed E-state index contributed by atoms with van der Waals surface area (Å²) in [6.07, 6.45) is 4.23. The molecule has 12 nitrogen and oxygen atoms in total. The van der Waals surface area contributed by atoms with Crippen molar-refractivity contribution in [3.63, 3.8) is 0 Å². The number of aryl methyl sites for hydroxylation is 1. The van der Waals surface area contributed by atoms with Gasteiger partial charge in [0, 0.05) is 43.7 Å². The molecule has 0 bridgehead atoms. The number of piperidine rings is 1. The molecule has 3 aromatic rings. The largest absolute Gasteiger partial charge is 0.377 e. The summed E-state index contributed by atoms with van der Waals surface area (Å²) < 4.78 is 41.0. The second kappa shape index (κ2) is 15.6. The molecule has 0 unspecified atom stereocenters. The van der Waals surface area contributed by atoms with Crippen LogP contribution in [0.25, 0.3) is 11.1 Å². The summed E-state index contributed by atoms with van der Waals surface area (Å²) in [5, 5.41) is 6.91. The Morgan fingerprint density at radius 3 is 2.63 bits per heavy atom. The summed E-state index contributed by atoms with van der Waals surface area (Å²) in [6, 6.07) is 12.6. The van der Waals surface area contributed by atoms with Crippen LogP contribution in [0.1, 0.15) is 74.8 Å². The minimum absolute atomic E-state index is 0.0323. The fourth-order valence-electron chi connectivity index (χ4n) is 6.46. The van der Waals surface area contributed by atoms with Crippen LogP contribution in [0.2, 0.25) is 0 Å². The second-order valence-electron chi connectivity index (χ2n) is 12.8. The number of rotatable bonds is 15. The molecular weight excluding hydrogens is 644 g/mol. The second-order valence-corrected chi connectivity index (χ2v) is 14.4. The highest BCUT2D eigenvalue weighted by Crippen LogP contribution is 2.36. The first-order chi connectivity index (χ1) is 23.5. The predicted molar refractivity (Wildman–Crippen MR) is 189 cm³/mol. The van der Waals surface area contributed by atoms with Gasteiger partial charge in [0.1, 0.15) is 11.6 Å². The Hall–Kier alpha value is -4.07. The molecule has 1 fully saturated rings. The molecule has 2 amide bonds. The number of ether oxygens (including phenoxy) is 1. The molecule has 2 aliphatic heterocycles. The molecule has 0 radical (unpaired) electrons. The lowest BCUT2D eigenvalue weighted by Crippen LogP contribution is -2.54. The van der Waals surface area contributed by atoms with Crippen LogP contribution in [0.15, 0.2) is 56.9 Å². The number of nitrogens with one attached hydrogen (secondary N) is 2. The highest BCUT2D eigenvalue weighted by molar-refractivity contribution is 7.92. The number of amides is 2. The van der Waals surface area contributed by atoms with E-state index in [4.69, 9.17) is 14.3 Å². The summed E-state index contributed by atoms with van der Waals surface area (Å²) in [5.41, 5.74) is 2.54. The van der Waals surface area contributed by atoms with Crippen LogP contribution >= 0.6 is 0 Å². The summed E-state index contributed by atoms with van der Waals surface area (Å²) >= 11 is 0. The van der Waals surface area contributed by atoms with Gasteiger partial charge in [0.2, 0.25) is 5.91 Å². The van der Waals surface area contributed by atoms with Gasteiger partial charge < -0.3 is 19.5 Å². The quantitative estimate of drug-likeness (QED) is 0.221. The van der Waals surface area contributed by atoms with Crippen molar-refractivity contribution >= 4 is 33.5 Å². The van der Waals surface area contributed by atoms with E-state index in [0.717, 1.165) is 36.2 Å². The van der Waals surface area contributed by atoms with Gasteiger partial charge in [0.15, 0.2) is 11.4 Å². The Morgan fingerprint density at radius 2 is 1.92 bits per heavy atom. The Balaban J connectivity index is 1.46. The number of carbonyl (C=O) groups is 2. The van der Waals surface area contributed by atoms with Crippen LogP contribution in [-0.4, -0.2) is 79.9 Å². The topological polar surface area (TPSA) is 146 Å². The molecule has 264 valence electrons. The maximum absolute atomic E-state index is 14.3. The SMILES string of the molecule is CCCCC1=N[C@]2(CCCN(C(=O)CCNC)C2)C(=O)N1Cc1ccc(-c2ccccc2S(=O)(=O)Nc2noc(C)c2C)c(COCC)c1. The van der Waals surface area contributed by atoms with Crippen LogP contribution in [0, 0.1) is 13.8 Å². The van der Waals surface area contributed by atoms with E-state index in [2.05, 4.69) is 22.1 Å². The standard InChI is InChI=1S/C36H48N6O6S/c1-6-8-14-32-38-36(18-11-20-41(24-36)33(43)17-19-37-5)35(44)42(32)22-27-15-16-29(28(21-27)23-47-7-2)30-12-9-10-13-31(30)49(45,46)40-34-25(3)26(4)48-39-34/h9-10,12-13,15-16,21,37H,6-8,11,14,17-20,22-24H2,1-5H3,(H,39,40)/t36-/m0/s1. The molecule has 13 heteroatoms. The number of unbranched alkanes of at least 4 members (excludes halogenated alkanes) is 1. The molecule has 1 atom stereocenters. The van der Waals surface area contributed by atoms with Crippen LogP contribution in [0.5, 0.6) is 0 Å². The average molecular weight is 693 g/mol. The van der Waals surface area contributed by atoms with Crippen LogP contribution < -0.4 is 10.0 Å². The number of amidine groups is 1. The Morgan fingerprint density at radius 1 is 1.12 bits per heavy atom. The first kappa shape index (κ1) is 36.2. The summed E-state index contributed by atoms with van der Waals surface area (Å²) in [6.45, 7) is 10.0. The van der Waals surface area contributed by atoms with Crippen molar-refractivity contribution in [3.8, 4) is 11.1 Å². The molecule has 1 aromatic heterocycles. The van der Waals surface area contributed by atoms with E-state index in [1.54, 1.807) is 47.9 Å². The molecule has 0 aliphatic carbocycles. The lowest BCUT2D eigenvalue weighted by atomic mass is 9.88. The first-order valence-corrected chi connectivity index (χ1v) is 18.6.